The molecule has 0 N–H and O–H groups in total. The summed E-state index contributed by atoms with van der Waals surface area (Å²) >= 11 is 6.07. The summed E-state index contributed by atoms with van der Waals surface area (Å²) in [7, 11) is 1.62. The number of aromatic nitrogens is 2. The van der Waals surface area contributed by atoms with Crippen molar-refractivity contribution in [1.82, 2.24) is 14.5 Å². The molecule has 2 aliphatic rings. The zero-order valence-corrected chi connectivity index (χ0v) is 20.0. The first-order valence-corrected chi connectivity index (χ1v) is 11.6. The molecule has 176 valence electrons. The highest BCUT2D eigenvalue weighted by atomic mass is 35.5. The normalized spacial score (nSPS) is 23.5. The predicted octanol–water partition coefficient (Wildman–Crippen LogP) is 4.57. The number of rotatable bonds is 4. The molecule has 34 heavy (non-hydrogen) atoms. The second-order valence-electron chi connectivity index (χ2n) is 8.57. The molecule has 0 saturated carbocycles. The van der Waals surface area contributed by atoms with E-state index in [4.69, 9.17) is 25.8 Å². The Morgan fingerprint density at radius 1 is 1.18 bits per heavy atom. The van der Waals surface area contributed by atoms with E-state index in [0.29, 0.717) is 29.7 Å². The summed E-state index contributed by atoms with van der Waals surface area (Å²) in [6.45, 7) is 4.77. The van der Waals surface area contributed by atoms with Gasteiger partial charge in [-0.2, -0.15) is 0 Å². The Kier molecular flexibility index (Phi) is 6.06. The van der Waals surface area contributed by atoms with Gasteiger partial charge in [0.1, 0.15) is 11.9 Å². The number of nitrogens with zero attached hydrogens (tertiary/aromatic N) is 3. The van der Waals surface area contributed by atoms with E-state index in [-0.39, 0.29) is 24.1 Å². The Morgan fingerprint density at radius 2 is 1.97 bits per heavy atom. The van der Waals surface area contributed by atoms with E-state index in [2.05, 4.69) is 4.98 Å². The van der Waals surface area contributed by atoms with Gasteiger partial charge in [0.05, 0.1) is 50.1 Å². The molecule has 0 aliphatic carbocycles. The highest BCUT2D eigenvalue weighted by Gasteiger charge is 2.45. The van der Waals surface area contributed by atoms with E-state index in [9.17, 15) is 4.79 Å². The first-order chi connectivity index (χ1) is 16.4. The van der Waals surface area contributed by atoms with Crippen LogP contribution in [-0.2, 0) is 14.3 Å². The molecule has 5 rings (SSSR count). The molecule has 8 heteroatoms. The third-order valence-corrected chi connectivity index (χ3v) is 6.56. The van der Waals surface area contributed by atoms with Gasteiger partial charge in [0.15, 0.2) is 5.76 Å². The Hall–Kier alpha value is -3.29. The van der Waals surface area contributed by atoms with E-state index < -0.39 is 0 Å². The topological polar surface area (TPSA) is 65.8 Å². The highest BCUT2D eigenvalue weighted by molar-refractivity contribution is 6.30. The average molecular weight is 480 g/mol. The van der Waals surface area contributed by atoms with E-state index >= 15 is 0 Å². The summed E-state index contributed by atoms with van der Waals surface area (Å²) < 4.78 is 19.4. The van der Waals surface area contributed by atoms with Gasteiger partial charge in [-0.3, -0.25) is 4.79 Å². The van der Waals surface area contributed by atoms with Crippen molar-refractivity contribution in [2.75, 3.05) is 20.3 Å². The predicted molar refractivity (Wildman–Crippen MR) is 129 cm³/mol. The van der Waals surface area contributed by atoms with Crippen molar-refractivity contribution in [3.05, 3.63) is 82.6 Å². The molecule has 2 saturated heterocycles. The Balaban J connectivity index is 1.47. The van der Waals surface area contributed by atoms with Gasteiger partial charge < -0.3 is 23.7 Å². The fourth-order valence-electron chi connectivity index (χ4n) is 4.54. The molecule has 1 aromatic heterocycles. The largest absolute Gasteiger partial charge is 0.495 e. The van der Waals surface area contributed by atoms with E-state index in [1.54, 1.807) is 19.5 Å². The Morgan fingerprint density at radius 3 is 2.68 bits per heavy atom. The quantitative estimate of drug-likeness (QED) is 0.513. The zero-order chi connectivity index (χ0) is 23.8. The van der Waals surface area contributed by atoms with Crippen LogP contribution in [0.2, 0.25) is 5.02 Å². The number of fused-ring (bicyclic) bond motifs is 1. The molecule has 3 atom stereocenters. The number of morpholine rings is 2. The summed E-state index contributed by atoms with van der Waals surface area (Å²) in [5, 5.41) is 0.655. The van der Waals surface area contributed by atoms with Crippen LogP contribution in [0.15, 0.2) is 60.7 Å². The number of hydrogen-bond donors (Lipinski definition) is 0. The van der Waals surface area contributed by atoms with Crippen molar-refractivity contribution in [2.45, 2.75) is 32.0 Å². The molecule has 0 bridgehead atoms. The van der Waals surface area contributed by atoms with Gasteiger partial charge in [0.2, 0.25) is 0 Å². The van der Waals surface area contributed by atoms with Crippen molar-refractivity contribution >= 4 is 23.6 Å². The summed E-state index contributed by atoms with van der Waals surface area (Å²) in [5.74, 6) is 0.823. The standard InChI is InChI=1S/C26H26ClN3O4/c1-16-12-29(15-28-16)21-9-4-18(10-24(21)32-3)11-25-26(31)30-22(17(2)34-25)13-33-14-23(30)19-5-7-20(27)8-6-19/h4-12,15,17,22-23H,13-14H2,1-3H3/t17-,22+,23-/m0/s1. The van der Waals surface area contributed by atoms with Gasteiger partial charge in [-0.15, -0.1) is 0 Å². The molecule has 0 spiro atoms. The number of halogens is 1. The lowest BCUT2D eigenvalue weighted by Crippen LogP contribution is -2.59. The second kappa shape index (κ2) is 9.16. The minimum atomic E-state index is -0.214. The molecule has 1 amide bonds. The van der Waals surface area contributed by atoms with Crippen LogP contribution in [0, 0.1) is 6.92 Å². The maximum absolute atomic E-state index is 13.6. The van der Waals surface area contributed by atoms with Crippen LogP contribution in [-0.4, -0.2) is 52.8 Å². The maximum atomic E-state index is 13.6. The smallest absolute Gasteiger partial charge is 0.290 e. The summed E-state index contributed by atoms with van der Waals surface area (Å²) in [6, 6.07) is 12.9. The van der Waals surface area contributed by atoms with Gasteiger partial charge in [0, 0.05) is 11.2 Å². The van der Waals surface area contributed by atoms with E-state index in [1.807, 2.05) is 72.0 Å². The van der Waals surface area contributed by atoms with Gasteiger partial charge in [-0.05, 0) is 55.3 Å². The third kappa shape index (κ3) is 4.17. The number of ether oxygens (including phenoxy) is 3. The number of imidazole rings is 1. The minimum absolute atomic E-state index is 0.153. The zero-order valence-electron chi connectivity index (χ0n) is 19.3. The number of aryl methyl sites for hydroxylation is 1. The molecular weight excluding hydrogens is 454 g/mol. The Labute approximate surface area is 203 Å². The molecule has 2 aromatic carbocycles. The van der Waals surface area contributed by atoms with E-state index in [0.717, 1.165) is 22.5 Å². The van der Waals surface area contributed by atoms with Gasteiger partial charge in [-0.1, -0.05) is 29.8 Å². The number of amides is 1. The summed E-state index contributed by atoms with van der Waals surface area (Å²) in [4.78, 5) is 19.8. The van der Waals surface area contributed by atoms with Crippen LogP contribution in [0.3, 0.4) is 0 Å². The lowest BCUT2D eigenvalue weighted by molar-refractivity contribution is -0.166. The second-order valence-corrected chi connectivity index (χ2v) is 9.01. The number of hydrogen-bond acceptors (Lipinski definition) is 5. The molecule has 0 unspecified atom stereocenters. The van der Waals surface area contributed by atoms with Gasteiger partial charge in [-0.25, -0.2) is 4.98 Å². The number of carbonyl (C=O) groups excluding carboxylic acids is 1. The van der Waals surface area contributed by atoms with Crippen molar-refractivity contribution in [3.8, 4) is 11.4 Å². The first-order valence-electron chi connectivity index (χ1n) is 11.2. The lowest BCUT2D eigenvalue weighted by atomic mass is 9.97. The monoisotopic (exact) mass is 479 g/mol. The number of carbonyl (C=O) groups is 1. The van der Waals surface area contributed by atoms with Gasteiger partial charge >= 0.3 is 0 Å². The van der Waals surface area contributed by atoms with Crippen LogP contribution in [0.1, 0.15) is 29.8 Å². The van der Waals surface area contributed by atoms with Crippen LogP contribution >= 0.6 is 11.6 Å². The molecule has 3 aromatic rings. The Bertz CT molecular complexity index is 1240. The van der Waals surface area contributed by atoms with Crippen molar-refractivity contribution in [3.63, 3.8) is 0 Å². The van der Waals surface area contributed by atoms with Gasteiger partial charge in [0.25, 0.3) is 5.91 Å². The average Bonchev–Trinajstić information content (AvgIpc) is 3.28. The minimum Gasteiger partial charge on any atom is -0.495 e. The third-order valence-electron chi connectivity index (χ3n) is 6.30. The van der Waals surface area contributed by atoms with Crippen LogP contribution in [0.4, 0.5) is 0 Å². The van der Waals surface area contributed by atoms with Crippen molar-refractivity contribution in [1.29, 1.82) is 0 Å². The fourth-order valence-corrected chi connectivity index (χ4v) is 4.67. The fraction of sp³-hybridized carbons (Fsp3) is 0.308. The summed E-state index contributed by atoms with van der Waals surface area (Å²) in [5.41, 5.74) is 3.57. The van der Waals surface area contributed by atoms with Crippen LogP contribution in [0.25, 0.3) is 11.8 Å². The van der Waals surface area contributed by atoms with Crippen molar-refractivity contribution < 1.29 is 19.0 Å². The van der Waals surface area contributed by atoms with Crippen LogP contribution in [0.5, 0.6) is 5.75 Å². The summed E-state index contributed by atoms with van der Waals surface area (Å²) in [6.07, 6.45) is 5.24. The molecule has 2 fully saturated rings. The lowest BCUT2D eigenvalue weighted by Gasteiger charge is -2.47. The van der Waals surface area contributed by atoms with Crippen LogP contribution < -0.4 is 4.74 Å². The molecule has 7 nitrogen and oxygen atoms in total. The SMILES string of the molecule is COc1cc(C=C2O[C@@H](C)[C@H]3COC[C@@H](c4ccc(Cl)cc4)N3C2=O)ccc1-n1cnc(C)c1. The molecule has 2 aliphatic heterocycles. The number of methoxy groups -OCH3 is 1. The van der Waals surface area contributed by atoms with E-state index in [1.165, 1.54) is 0 Å². The molecule has 3 heterocycles. The molecule has 0 radical (unpaired) electrons. The molecular formula is C26H26ClN3O4. The maximum Gasteiger partial charge on any atom is 0.290 e. The highest BCUT2D eigenvalue weighted by Crippen LogP contribution is 2.36. The van der Waals surface area contributed by atoms with Crippen molar-refractivity contribution in [2.24, 2.45) is 0 Å². The number of benzene rings is 2. The first kappa shape index (κ1) is 22.5.